The number of fused-ring (bicyclic) bond motifs is 1. The molecule has 19 heavy (non-hydrogen) atoms. The maximum absolute atomic E-state index is 14.3. The summed E-state index contributed by atoms with van der Waals surface area (Å²) in [5, 5.41) is 0.0689. The summed E-state index contributed by atoms with van der Waals surface area (Å²) in [6, 6.07) is 8.82. The molecule has 0 spiro atoms. The van der Waals surface area contributed by atoms with E-state index in [0.29, 0.717) is 28.4 Å². The molecule has 0 saturated carbocycles. The van der Waals surface area contributed by atoms with Crippen molar-refractivity contribution in [1.82, 2.24) is 0 Å². The number of carbonyl (C=O) groups is 1. The largest absolute Gasteiger partial charge is 0.294 e. The zero-order valence-corrected chi connectivity index (χ0v) is 12.2. The Morgan fingerprint density at radius 3 is 2.58 bits per heavy atom. The van der Waals surface area contributed by atoms with E-state index >= 15 is 0 Å². The molecular weight excluding hydrogens is 331 g/mol. The normalized spacial score (nSPS) is 13.7. The van der Waals surface area contributed by atoms with Gasteiger partial charge >= 0.3 is 0 Å². The number of hydrogen-bond acceptors (Lipinski definition) is 1. The first kappa shape index (κ1) is 12.8. The van der Waals surface area contributed by atoms with Crippen LogP contribution >= 0.6 is 27.5 Å². The van der Waals surface area contributed by atoms with Crippen LogP contribution in [-0.2, 0) is 6.42 Å². The summed E-state index contributed by atoms with van der Waals surface area (Å²) in [5.74, 6) is -0.329. The summed E-state index contributed by atoms with van der Waals surface area (Å²) in [5.41, 5.74) is 2.83. The van der Waals surface area contributed by atoms with Crippen molar-refractivity contribution >= 4 is 33.3 Å². The lowest BCUT2D eigenvalue weighted by atomic mass is 9.96. The molecule has 0 aliphatic heterocycles. The van der Waals surface area contributed by atoms with Crippen molar-refractivity contribution in [3.8, 4) is 11.1 Å². The standard InChI is InChI=1S/C15H9BrClFO/c16-12-6-4-11(15(18)14(12)17)8-2-1-3-10-9(8)5-7-13(10)19/h1-4,6H,5,7H2. The third-order valence-electron chi connectivity index (χ3n) is 3.40. The molecule has 0 saturated heterocycles. The fourth-order valence-electron chi connectivity index (χ4n) is 2.48. The van der Waals surface area contributed by atoms with E-state index in [-0.39, 0.29) is 10.8 Å². The number of benzene rings is 2. The van der Waals surface area contributed by atoms with Gasteiger partial charge in [-0.05, 0) is 39.5 Å². The molecule has 0 heterocycles. The van der Waals surface area contributed by atoms with Crippen LogP contribution in [0.5, 0.6) is 0 Å². The van der Waals surface area contributed by atoms with E-state index < -0.39 is 5.82 Å². The number of halogens is 3. The van der Waals surface area contributed by atoms with E-state index in [1.807, 2.05) is 6.07 Å². The quantitative estimate of drug-likeness (QED) is 0.665. The van der Waals surface area contributed by atoms with Crippen molar-refractivity contribution in [2.24, 2.45) is 0 Å². The Hall–Kier alpha value is -1.19. The third-order valence-corrected chi connectivity index (χ3v) is 4.66. The summed E-state index contributed by atoms with van der Waals surface area (Å²) in [7, 11) is 0. The maximum Gasteiger partial charge on any atom is 0.163 e. The van der Waals surface area contributed by atoms with Gasteiger partial charge in [0.15, 0.2) is 11.6 Å². The molecule has 0 N–H and O–H groups in total. The van der Waals surface area contributed by atoms with E-state index in [1.165, 1.54) is 0 Å². The Morgan fingerprint density at radius 1 is 1.05 bits per heavy atom. The van der Waals surface area contributed by atoms with Gasteiger partial charge in [0.05, 0.1) is 5.02 Å². The SMILES string of the molecule is O=C1CCc2c1cccc2-c1ccc(Br)c(Cl)c1F. The van der Waals surface area contributed by atoms with E-state index in [4.69, 9.17) is 11.6 Å². The van der Waals surface area contributed by atoms with Crippen molar-refractivity contribution in [3.05, 3.63) is 56.8 Å². The smallest absolute Gasteiger partial charge is 0.163 e. The van der Waals surface area contributed by atoms with Gasteiger partial charge in [0.1, 0.15) is 0 Å². The zero-order chi connectivity index (χ0) is 13.6. The van der Waals surface area contributed by atoms with Crippen LogP contribution in [0.15, 0.2) is 34.8 Å². The summed E-state index contributed by atoms with van der Waals surface area (Å²) in [6.45, 7) is 0. The van der Waals surface area contributed by atoms with Crippen molar-refractivity contribution < 1.29 is 9.18 Å². The van der Waals surface area contributed by atoms with Gasteiger partial charge in [-0.15, -0.1) is 0 Å². The van der Waals surface area contributed by atoms with E-state index in [9.17, 15) is 9.18 Å². The third kappa shape index (κ3) is 2.01. The van der Waals surface area contributed by atoms with Crippen molar-refractivity contribution in [2.75, 3.05) is 0 Å². The van der Waals surface area contributed by atoms with Crippen LogP contribution in [0.3, 0.4) is 0 Å². The van der Waals surface area contributed by atoms with Gasteiger partial charge in [-0.3, -0.25) is 4.79 Å². The number of carbonyl (C=O) groups excluding carboxylic acids is 1. The predicted molar refractivity (Wildman–Crippen MR) is 77.2 cm³/mol. The molecular formula is C15H9BrClFO. The van der Waals surface area contributed by atoms with Crippen LogP contribution in [0.25, 0.3) is 11.1 Å². The number of hydrogen-bond donors (Lipinski definition) is 0. The first-order valence-corrected chi connectivity index (χ1v) is 7.05. The monoisotopic (exact) mass is 338 g/mol. The molecule has 0 unspecified atom stereocenters. The maximum atomic E-state index is 14.3. The highest BCUT2D eigenvalue weighted by atomic mass is 79.9. The molecule has 96 valence electrons. The zero-order valence-electron chi connectivity index (χ0n) is 9.84. The highest BCUT2D eigenvalue weighted by Crippen LogP contribution is 2.37. The van der Waals surface area contributed by atoms with Crippen molar-refractivity contribution in [3.63, 3.8) is 0 Å². The van der Waals surface area contributed by atoms with Crippen LogP contribution in [0.2, 0.25) is 5.02 Å². The molecule has 0 aromatic heterocycles. The molecule has 0 amide bonds. The predicted octanol–water partition coefficient (Wildman–Crippen LogP) is 5.04. The summed E-state index contributed by atoms with van der Waals surface area (Å²) >= 11 is 9.12. The molecule has 1 nitrogen and oxygen atoms in total. The first-order chi connectivity index (χ1) is 9.09. The Kier molecular flexibility index (Phi) is 3.19. The highest BCUT2D eigenvalue weighted by molar-refractivity contribution is 9.10. The molecule has 0 fully saturated rings. The van der Waals surface area contributed by atoms with Crippen LogP contribution in [0.4, 0.5) is 4.39 Å². The molecule has 4 heteroatoms. The lowest BCUT2D eigenvalue weighted by molar-refractivity contribution is 0.0994. The average Bonchev–Trinajstić information content (AvgIpc) is 2.79. The second kappa shape index (κ2) is 4.73. The summed E-state index contributed by atoms with van der Waals surface area (Å²) in [4.78, 5) is 11.7. The highest BCUT2D eigenvalue weighted by Gasteiger charge is 2.24. The molecule has 1 aliphatic rings. The molecule has 2 aromatic rings. The number of rotatable bonds is 1. The van der Waals surface area contributed by atoms with Crippen molar-refractivity contribution in [2.45, 2.75) is 12.8 Å². The topological polar surface area (TPSA) is 17.1 Å². The van der Waals surface area contributed by atoms with Gasteiger partial charge in [-0.1, -0.05) is 35.9 Å². The van der Waals surface area contributed by atoms with E-state index in [2.05, 4.69) is 15.9 Å². The average molecular weight is 340 g/mol. The van der Waals surface area contributed by atoms with Gasteiger partial charge < -0.3 is 0 Å². The molecule has 2 aromatic carbocycles. The minimum absolute atomic E-state index is 0.0689. The first-order valence-electron chi connectivity index (χ1n) is 5.88. The molecule has 1 aliphatic carbocycles. The van der Waals surface area contributed by atoms with Crippen LogP contribution in [0, 0.1) is 5.82 Å². The number of ketones is 1. The lowest BCUT2D eigenvalue weighted by Crippen LogP contribution is -1.94. The Bertz CT molecular complexity index is 697. The second-order valence-corrected chi connectivity index (χ2v) is 5.71. The van der Waals surface area contributed by atoms with E-state index in [0.717, 1.165) is 11.1 Å². The number of Topliss-reactive ketones (excluding diaryl/α,β-unsaturated/α-hetero) is 1. The van der Waals surface area contributed by atoms with Crippen molar-refractivity contribution in [1.29, 1.82) is 0 Å². The molecule has 0 radical (unpaired) electrons. The summed E-state index contributed by atoms with van der Waals surface area (Å²) in [6.07, 6.45) is 1.16. The fourth-order valence-corrected chi connectivity index (χ4v) is 2.95. The second-order valence-electron chi connectivity index (χ2n) is 4.48. The van der Waals surface area contributed by atoms with Crippen LogP contribution < -0.4 is 0 Å². The Labute approximate surface area is 123 Å². The van der Waals surface area contributed by atoms with Crippen LogP contribution in [-0.4, -0.2) is 5.78 Å². The molecule has 3 rings (SSSR count). The van der Waals surface area contributed by atoms with Crippen LogP contribution in [0.1, 0.15) is 22.3 Å². The fraction of sp³-hybridized carbons (Fsp3) is 0.133. The molecule has 0 atom stereocenters. The minimum Gasteiger partial charge on any atom is -0.294 e. The van der Waals surface area contributed by atoms with Gasteiger partial charge in [-0.2, -0.15) is 0 Å². The molecule has 0 bridgehead atoms. The van der Waals surface area contributed by atoms with Gasteiger partial charge in [0.2, 0.25) is 0 Å². The van der Waals surface area contributed by atoms with Gasteiger partial charge in [-0.25, -0.2) is 4.39 Å². The summed E-state index contributed by atoms with van der Waals surface area (Å²) < 4.78 is 14.8. The lowest BCUT2D eigenvalue weighted by Gasteiger charge is -2.10. The van der Waals surface area contributed by atoms with Gasteiger partial charge in [0.25, 0.3) is 0 Å². The minimum atomic E-state index is -0.455. The Balaban J connectivity index is 2.25. The Morgan fingerprint density at radius 2 is 1.79 bits per heavy atom. The van der Waals surface area contributed by atoms with E-state index in [1.54, 1.807) is 24.3 Å². The van der Waals surface area contributed by atoms with Gasteiger partial charge in [0, 0.05) is 22.0 Å².